The number of hydrogen-bond acceptors (Lipinski definition) is 8. The minimum Gasteiger partial charge on any atom is -0.464 e. The lowest BCUT2D eigenvalue weighted by molar-refractivity contribution is -0.443. The van der Waals surface area contributed by atoms with Gasteiger partial charge in [0.05, 0.1) is 12.2 Å². The highest BCUT2D eigenvalue weighted by Gasteiger charge is 2.54. The molecular weight excluding hydrogens is 378 g/mol. The highest BCUT2D eigenvalue weighted by Crippen LogP contribution is 2.38. The van der Waals surface area contributed by atoms with Crippen molar-refractivity contribution in [2.75, 3.05) is 13.2 Å². The minimum absolute atomic E-state index is 0.256. The van der Waals surface area contributed by atoms with Gasteiger partial charge in [0.15, 0.2) is 12.4 Å². The maximum atomic E-state index is 12.6. The van der Waals surface area contributed by atoms with Gasteiger partial charge in [0.2, 0.25) is 0 Å². The van der Waals surface area contributed by atoms with Gasteiger partial charge < -0.3 is 14.2 Å². The molecule has 1 aromatic carbocycles. The monoisotopic (exact) mass is 407 g/mol. The Kier molecular flexibility index (Phi) is 7.60. The Bertz CT molecular complexity index is 683. The van der Waals surface area contributed by atoms with Crippen molar-refractivity contribution in [1.82, 2.24) is 5.23 Å². The molecule has 5 atom stereocenters. The first-order valence-electron chi connectivity index (χ1n) is 10.2. The molecule has 0 saturated carbocycles. The molecule has 1 aromatic rings. The number of fused-ring (bicyclic) bond motifs is 1. The second kappa shape index (κ2) is 10.2. The van der Waals surface area contributed by atoms with Crippen molar-refractivity contribution in [1.29, 1.82) is 0 Å². The lowest BCUT2D eigenvalue weighted by Crippen LogP contribution is -2.52. The van der Waals surface area contributed by atoms with Gasteiger partial charge in [-0.2, -0.15) is 0 Å². The van der Waals surface area contributed by atoms with Gasteiger partial charge >= 0.3 is 11.9 Å². The van der Waals surface area contributed by atoms with Crippen molar-refractivity contribution in [2.24, 2.45) is 5.92 Å². The topological polar surface area (TPSA) is 83.5 Å². The maximum absolute atomic E-state index is 12.6. The molecule has 2 aliphatic rings. The third kappa shape index (κ3) is 5.14. The second-order valence-electron chi connectivity index (χ2n) is 7.22. The smallest absolute Gasteiger partial charge is 0.338 e. The Morgan fingerprint density at radius 2 is 1.93 bits per heavy atom. The molecule has 2 saturated heterocycles. The van der Waals surface area contributed by atoms with E-state index < -0.39 is 36.5 Å². The molecule has 8 heteroatoms. The van der Waals surface area contributed by atoms with Gasteiger partial charge in [0.25, 0.3) is 0 Å². The number of hydrogen-bond donors (Lipinski definition) is 0. The predicted octanol–water partition coefficient (Wildman–Crippen LogP) is 2.87. The van der Waals surface area contributed by atoms with Crippen LogP contribution in [0.4, 0.5) is 0 Å². The van der Waals surface area contributed by atoms with Gasteiger partial charge in [-0.25, -0.2) is 14.4 Å². The summed E-state index contributed by atoms with van der Waals surface area (Å²) in [4.78, 5) is 36.4. The first kappa shape index (κ1) is 21.7. The summed E-state index contributed by atoms with van der Waals surface area (Å²) in [6.07, 6.45) is 0.223. The van der Waals surface area contributed by atoms with E-state index in [9.17, 15) is 9.59 Å². The molecule has 3 rings (SSSR count). The van der Waals surface area contributed by atoms with Crippen LogP contribution in [0.3, 0.4) is 0 Å². The Morgan fingerprint density at radius 3 is 2.62 bits per heavy atom. The second-order valence-corrected chi connectivity index (χ2v) is 7.22. The number of esters is 2. The van der Waals surface area contributed by atoms with E-state index >= 15 is 0 Å². The molecule has 0 unspecified atom stereocenters. The molecule has 2 heterocycles. The van der Waals surface area contributed by atoms with E-state index in [-0.39, 0.29) is 12.5 Å². The fourth-order valence-corrected chi connectivity index (χ4v) is 3.54. The van der Waals surface area contributed by atoms with Crippen molar-refractivity contribution in [2.45, 2.75) is 64.6 Å². The average Bonchev–Trinajstić information content (AvgIpc) is 3.06. The van der Waals surface area contributed by atoms with E-state index in [1.54, 1.807) is 31.2 Å². The lowest BCUT2D eigenvalue weighted by atomic mass is 9.91. The van der Waals surface area contributed by atoms with Crippen molar-refractivity contribution in [3.05, 3.63) is 35.9 Å². The molecule has 0 radical (unpaired) electrons. The van der Waals surface area contributed by atoms with Gasteiger partial charge in [-0.3, -0.25) is 4.84 Å². The van der Waals surface area contributed by atoms with Crippen LogP contribution in [-0.2, 0) is 28.7 Å². The normalized spacial score (nSPS) is 29.3. The van der Waals surface area contributed by atoms with E-state index in [1.807, 2.05) is 13.0 Å². The zero-order valence-corrected chi connectivity index (χ0v) is 17.1. The number of carbonyl (C=O) groups excluding carboxylic acids is 2. The number of rotatable bonds is 8. The summed E-state index contributed by atoms with van der Waals surface area (Å²) < 4.78 is 16.7. The predicted molar refractivity (Wildman–Crippen MR) is 102 cm³/mol. The summed E-state index contributed by atoms with van der Waals surface area (Å²) in [5, 5.41) is 1.26. The summed E-state index contributed by atoms with van der Waals surface area (Å²) in [5.41, 5.74) is 0.461. The first-order chi connectivity index (χ1) is 14.0. The molecule has 2 aliphatic heterocycles. The zero-order valence-electron chi connectivity index (χ0n) is 17.1. The van der Waals surface area contributed by atoms with Gasteiger partial charge in [-0.05, 0) is 25.5 Å². The van der Waals surface area contributed by atoms with Crippen LogP contribution in [0.25, 0.3) is 0 Å². The van der Waals surface area contributed by atoms with E-state index in [0.29, 0.717) is 18.6 Å². The van der Waals surface area contributed by atoms with Crippen LogP contribution in [0, 0.1) is 5.92 Å². The highest BCUT2D eigenvalue weighted by atomic mass is 17.0. The van der Waals surface area contributed by atoms with Crippen LogP contribution in [0.5, 0.6) is 0 Å². The number of carbonyl (C=O) groups is 2. The van der Waals surface area contributed by atoms with Crippen LogP contribution >= 0.6 is 0 Å². The Morgan fingerprint density at radius 1 is 1.17 bits per heavy atom. The first-order valence-corrected chi connectivity index (χ1v) is 10.2. The average molecular weight is 407 g/mol. The maximum Gasteiger partial charge on any atom is 0.338 e. The van der Waals surface area contributed by atoms with Gasteiger partial charge in [-0.1, -0.05) is 43.7 Å². The standard InChI is InChI=1S/C21H29NO7/c1-4-6-12-26-17-13-16(27-20(23)15-10-8-7-9-11-15)18-14(3)19(21(24)25-5-2)29-22(18)28-17/h7-11,14,16-19H,4-6,12-13H2,1-3H3/t14-,16-,17-,18+,19+/m1/s1. The largest absolute Gasteiger partial charge is 0.464 e. The summed E-state index contributed by atoms with van der Waals surface area (Å²) in [5.74, 6) is -1.19. The molecule has 160 valence electrons. The number of nitrogens with zero attached hydrogens (tertiary/aromatic N) is 1. The van der Waals surface area contributed by atoms with Crippen LogP contribution in [-0.4, -0.2) is 54.9 Å². The number of hydroxylamine groups is 2. The fourth-order valence-electron chi connectivity index (χ4n) is 3.54. The Labute approximate surface area is 170 Å². The number of ether oxygens (including phenoxy) is 3. The fraction of sp³-hybridized carbons (Fsp3) is 0.619. The number of unbranched alkanes of at least 4 members (excludes halogenated alkanes) is 1. The molecule has 0 amide bonds. The minimum atomic E-state index is -0.827. The summed E-state index contributed by atoms with van der Waals surface area (Å²) >= 11 is 0. The van der Waals surface area contributed by atoms with Crippen LogP contribution in [0.1, 0.15) is 50.4 Å². The van der Waals surface area contributed by atoms with Crippen LogP contribution in [0.2, 0.25) is 0 Å². The molecule has 0 N–H and O–H groups in total. The van der Waals surface area contributed by atoms with Crippen molar-refractivity contribution in [3.63, 3.8) is 0 Å². The van der Waals surface area contributed by atoms with E-state index in [0.717, 1.165) is 12.8 Å². The van der Waals surface area contributed by atoms with Gasteiger partial charge in [-0.15, -0.1) is 0 Å². The summed E-state index contributed by atoms with van der Waals surface area (Å²) in [6, 6.07) is 8.35. The third-order valence-electron chi connectivity index (χ3n) is 5.09. The lowest BCUT2D eigenvalue weighted by Gasteiger charge is -2.38. The molecule has 2 fully saturated rings. The van der Waals surface area contributed by atoms with Crippen LogP contribution in [0.15, 0.2) is 30.3 Å². The van der Waals surface area contributed by atoms with Gasteiger partial charge in [0, 0.05) is 18.9 Å². The highest BCUT2D eigenvalue weighted by molar-refractivity contribution is 5.89. The molecule has 0 bridgehead atoms. The Balaban J connectivity index is 1.75. The molecular formula is C21H29NO7. The molecule has 0 aromatic heterocycles. The van der Waals surface area contributed by atoms with E-state index in [2.05, 4.69) is 6.92 Å². The summed E-state index contributed by atoms with van der Waals surface area (Å²) in [6.45, 7) is 6.45. The van der Waals surface area contributed by atoms with Crippen molar-refractivity contribution >= 4 is 11.9 Å². The van der Waals surface area contributed by atoms with Crippen LogP contribution < -0.4 is 0 Å². The summed E-state index contributed by atoms with van der Waals surface area (Å²) in [7, 11) is 0. The number of benzene rings is 1. The quantitative estimate of drug-likeness (QED) is 0.481. The molecule has 0 aliphatic carbocycles. The third-order valence-corrected chi connectivity index (χ3v) is 5.09. The molecule has 0 spiro atoms. The SMILES string of the molecule is CCCCO[C@H]1C[C@@H](OC(=O)c2ccccc2)[C@@H]2[C@@H](C)[C@@H](C(=O)OCC)ON2O1. The molecule has 29 heavy (non-hydrogen) atoms. The van der Waals surface area contributed by atoms with Crippen molar-refractivity contribution < 1.29 is 33.5 Å². The van der Waals surface area contributed by atoms with Gasteiger partial charge in [0.1, 0.15) is 12.1 Å². The van der Waals surface area contributed by atoms with Crippen molar-refractivity contribution in [3.8, 4) is 0 Å². The Hall–Kier alpha value is -2.00. The van der Waals surface area contributed by atoms with E-state index in [1.165, 1.54) is 5.23 Å². The van der Waals surface area contributed by atoms with E-state index in [4.69, 9.17) is 23.9 Å². The molecule has 8 nitrogen and oxygen atoms in total. The zero-order chi connectivity index (χ0) is 20.8.